The van der Waals surface area contributed by atoms with Gasteiger partial charge in [0, 0.05) is 18.9 Å². The normalized spacial score (nSPS) is 19.4. The number of carbonyl (C=O) groups excluding carboxylic acids is 1. The fourth-order valence-corrected chi connectivity index (χ4v) is 1.93. The molecule has 17 heavy (non-hydrogen) atoms. The Morgan fingerprint density at radius 3 is 2.88 bits per heavy atom. The quantitative estimate of drug-likeness (QED) is 0.708. The van der Waals surface area contributed by atoms with Crippen molar-refractivity contribution in [1.82, 2.24) is 0 Å². The van der Waals surface area contributed by atoms with Gasteiger partial charge in [-0.1, -0.05) is 30.3 Å². The van der Waals surface area contributed by atoms with Gasteiger partial charge in [-0.05, 0) is 12.0 Å². The van der Waals surface area contributed by atoms with E-state index in [1.165, 1.54) is 0 Å². The summed E-state index contributed by atoms with van der Waals surface area (Å²) in [6, 6.07) is 9.99. The summed E-state index contributed by atoms with van der Waals surface area (Å²) < 4.78 is 10.7. The van der Waals surface area contributed by atoms with Gasteiger partial charge >= 0.3 is 0 Å². The van der Waals surface area contributed by atoms with Crippen molar-refractivity contribution in [2.75, 3.05) is 19.8 Å². The lowest BCUT2D eigenvalue weighted by Crippen LogP contribution is -2.16. The molecule has 0 bridgehead atoms. The lowest BCUT2D eigenvalue weighted by atomic mass is 10.0. The molecule has 0 N–H and O–H groups in total. The van der Waals surface area contributed by atoms with Gasteiger partial charge in [0.05, 0.1) is 19.8 Å². The van der Waals surface area contributed by atoms with E-state index in [9.17, 15) is 4.79 Å². The van der Waals surface area contributed by atoms with Crippen molar-refractivity contribution in [1.29, 1.82) is 0 Å². The van der Waals surface area contributed by atoms with E-state index in [0.29, 0.717) is 26.2 Å². The molecule has 1 aromatic rings. The standard InChI is InChI=1S/C14H18O3/c15-14(13-6-8-17-11-13)7-9-16-10-12-4-2-1-3-5-12/h1-5,13H,6-11H2. The van der Waals surface area contributed by atoms with Crippen molar-refractivity contribution >= 4 is 5.78 Å². The van der Waals surface area contributed by atoms with Gasteiger partial charge < -0.3 is 9.47 Å². The zero-order valence-corrected chi connectivity index (χ0v) is 9.93. The number of carbonyl (C=O) groups is 1. The second kappa shape index (κ2) is 6.52. The molecule has 1 aromatic carbocycles. The summed E-state index contributed by atoms with van der Waals surface area (Å²) in [6.45, 7) is 2.40. The summed E-state index contributed by atoms with van der Waals surface area (Å²) in [7, 11) is 0. The summed E-state index contributed by atoms with van der Waals surface area (Å²) in [5.74, 6) is 0.380. The molecular formula is C14H18O3. The van der Waals surface area contributed by atoms with Crippen LogP contribution in [0.25, 0.3) is 0 Å². The lowest BCUT2D eigenvalue weighted by molar-refractivity contribution is -0.124. The average molecular weight is 234 g/mol. The van der Waals surface area contributed by atoms with E-state index >= 15 is 0 Å². The minimum Gasteiger partial charge on any atom is -0.381 e. The molecule has 1 saturated heterocycles. The van der Waals surface area contributed by atoms with Gasteiger partial charge in [-0.15, -0.1) is 0 Å². The molecule has 0 radical (unpaired) electrons. The summed E-state index contributed by atoms with van der Waals surface area (Å²) >= 11 is 0. The zero-order chi connectivity index (χ0) is 11.9. The van der Waals surface area contributed by atoms with E-state index in [4.69, 9.17) is 9.47 Å². The van der Waals surface area contributed by atoms with Gasteiger partial charge in [-0.25, -0.2) is 0 Å². The van der Waals surface area contributed by atoms with Crippen LogP contribution in [0.3, 0.4) is 0 Å². The Kier molecular flexibility index (Phi) is 4.71. The molecule has 2 rings (SSSR count). The number of ether oxygens (including phenoxy) is 2. The molecule has 1 aliphatic heterocycles. The molecule has 92 valence electrons. The molecule has 3 nitrogen and oxygen atoms in total. The van der Waals surface area contributed by atoms with Gasteiger partial charge in [0.15, 0.2) is 0 Å². The second-order valence-corrected chi connectivity index (χ2v) is 4.32. The molecule has 0 saturated carbocycles. The zero-order valence-electron chi connectivity index (χ0n) is 9.93. The van der Waals surface area contributed by atoms with Crippen LogP contribution in [0.5, 0.6) is 0 Å². The van der Waals surface area contributed by atoms with Crippen LogP contribution in [0.15, 0.2) is 30.3 Å². The number of rotatable bonds is 6. The van der Waals surface area contributed by atoms with Crippen LogP contribution >= 0.6 is 0 Å². The maximum absolute atomic E-state index is 11.7. The topological polar surface area (TPSA) is 35.5 Å². The van der Waals surface area contributed by atoms with Crippen LogP contribution in [0.1, 0.15) is 18.4 Å². The minimum absolute atomic E-state index is 0.107. The molecule has 1 aliphatic rings. The number of benzene rings is 1. The van der Waals surface area contributed by atoms with Gasteiger partial charge in [-0.2, -0.15) is 0 Å². The molecule has 1 heterocycles. The SMILES string of the molecule is O=C(CCOCc1ccccc1)C1CCOC1. The van der Waals surface area contributed by atoms with E-state index in [-0.39, 0.29) is 11.7 Å². The first-order chi connectivity index (χ1) is 8.36. The van der Waals surface area contributed by atoms with Gasteiger partial charge in [0.2, 0.25) is 0 Å². The predicted molar refractivity (Wildman–Crippen MR) is 64.6 cm³/mol. The lowest BCUT2D eigenvalue weighted by Gasteiger charge is -2.07. The van der Waals surface area contributed by atoms with Crippen molar-refractivity contribution in [3.8, 4) is 0 Å². The number of Topliss-reactive ketones (excluding diaryl/α,β-unsaturated/α-hetero) is 1. The van der Waals surface area contributed by atoms with Crippen LogP contribution in [-0.4, -0.2) is 25.6 Å². The maximum Gasteiger partial charge on any atom is 0.140 e. The Bertz CT molecular complexity index is 342. The Hall–Kier alpha value is -1.19. The highest BCUT2D eigenvalue weighted by Crippen LogP contribution is 2.15. The number of hydrogen-bond acceptors (Lipinski definition) is 3. The molecule has 0 aromatic heterocycles. The van der Waals surface area contributed by atoms with Crippen molar-refractivity contribution in [3.63, 3.8) is 0 Å². The minimum atomic E-state index is 0.107. The highest BCUT2D eigenvalue weighted by Gasteiger charge is 2.22. The molecule has 1 fully saturated rings. The maximum atomic E-state index is 11.7. The van der Waals surface area contributed by atoms with Crippen molar-refractivity contribution in [3.05, 3.63) is 35.9 Å². The van der Waals surface area contributed by atoms with Crippen molar-refractivity contribution in [2.45, 2.75) is 19.4 Å². The predicted octanol–water partition coefficient (Wildman–Crippen LogP) is 2.20. The largest absolute Gasteiger partial charge is 0.381 e. The molecule has 1 atom stereocenters. The Balaban J connectivity index is 1.61. The Labute approximate surface area is 102 Å². The van der Waals surface area contributed by atoms with Gasteiger partial charge in [0.1, 0.15) is 5.78 Å². The second-order valence-electron chi connectivity index (χ2n) is 4.32. The Morgan fingerprint density at radius 2 is 2.18 bits per heavy atom. The monoisotopic (exact) mass is 234 g/mol. The summed E-state index contributed by atoms with van der Waals surface area (Å²) in [6.07, 6.45) is 1.37. The van der Waals surface area contributed by atoms with Crippen LogP contribution < -0.4 is 0 Å². The third kappa shape index (κ3) is 3.95. The third-order valence-electron chi connectivity index (χ3n) is 2.99. The van der Waals surface area contributed by atoms with Gasteiger partial charge in [0.25, 0.3) is 0 Å². The highest BCUT2D eigenvalue weighted by atomic mass is 16.5. The van der Waals surface area contributed by atoms with Crippen molar-refractivity contribution < 1.29 is 14.3 Å². The van der Waals surface area contributed by atoms with E-state index in [2.05, 4.69) is 0 Å². The molecule has 0 spiro atoms. The van der Waals surface area contributed by atoms with E-state index in [1.807, 2.05) is 30.3 Å². The van der Waals surface area contributed by atoms with Crippen LogP contribution in [0, 0.1) is 5.92 Å². The van der Waals surface area contributed by atoms with E-state index < -0.39 is 0 Å². The van der Waals surface area contributed by atoms with E-state index in [0.717, 1.165) is 18.6 Å². The number of ketones is 1. The molecule has 3 heteroatoms. The average Bonchev–Trinajstić information content (AvgIpc) is 2.89. The first kappa shape index (κ1) is 12.3. The highest BCUT2D eigenvalue weighted by molar-refractivity contribution is 5.81. The van der Waals surface area contributed by atoms with E-state index in [1.54, 1.807) is 0 Å². The molecule has 1 unspecified atom stereocenters. The molecule has 0 amide bonds. The molecule has 0 aliphatic carbocycles. The third-order valence-corrected chi connectivity index (χ3v) is 2.99. The summed E-state index contributed by atoms with van der Waals surface area (Å²) in [5.41, 5.74) is 1.14. The summed E-state index contributed by atoms with van der Waals surface area (Å²) in [5, 5.41) is 0. The fourth-order valence-electron chi connectivity index (χ4n) is 1.93. The molecular weight excluding hydrogens is 216 g/mol. The fraction of sp³-hybridized carbons (Fsp3) is 0.500. The van der Waals surface area contributed by atoms with Crippen molar-refractivity contribution in [2.24, 2.45) is 5.92 Å². The van der Waals surface area contributed by atoms with Crippen LogP contribution in [0.4, 0.5) is 0 Å². The first-order valence-electron chi connectivity index (χ1n) is 6.08. The number of hydrogen-bond donors (Lipinski definition) is 0. The van der Waals surface area contributed by atoms with Crippen LogP contribution in [-0.2, 0) is 20.9 Å². The Morgan fingerprint density at radius 1 is 1.35 bits per heavy atom. The van der Waals surface area contributed by atoms with Crippen LogP contribution in [0.2, 0.25) is 0 Å². The summed E-state index contributed by atoms with van der Waals surface area (Å²) in [4.78, 5) is 11.7. The first-order valence-corrected chi connectivity index (χ1v) is 6.08. The smallest absolute Gasteiger partial charge is 0.140 e. The van der Waals surface area contributed by atoms with Gasteiger partial charge in [-0.3, -0.25) is 4.79 Å².